The van der Waals surface area contributed by atoms with Crippen LogP contribution in [0.15, 0.2) is 24.3 Å². The first-order valence-electron chi connectivity index (χ1n) is 6.93. The van der Waals surface area contributed by atoms with E-state index in [2.05, 4.69) is 11.4 Å². The zero-order valence-electron chi connectivity index (χ0n) is 11.1. The summed E-state index contributed by atoms with van der Waals surface area (Å²) in [5, 5.41) is 4.40. The topological polar surface area (TPSA) is 55.1 Å². The van der Waals surface area contributed by atoms with Gasteiger partial charge in [-0.3, -0.25) is 4.79 Å². The summed E-state index contributed by atoms with van der Waals surface area (Å²) < 4.78 is 0. The van der Waals surface area contributed by atoms with Gasteiger partial charge in [0.2, 0.25) is 5.91 Å². The molecule has 0 aromatic heterocycles. The lowest BCUT2D eigenvalue weighted by atomic mass is 9.76. The Balaban J connectivity index is 1.62. The first-order valence-corrected chi connectivity index (χ1v) is 7.30. The monoisotopic (exact) mass is 280 g/mol. The van der Waals surface area contributed by atoms with Crippen molar-refractivity contribution in [2.24, 2.45) is 5.73 Å². The van der Waals surface area contributed by atoms with Crippen LogP contribution in [0.3, 0.4) is 0 Å². The minimum Gasteiger partial charge on any atom is -0.370 e. The highest BCUT2D eigenvalue weighted by atomic mass is 35.5. The number of carbonyl (C=O) groups is 1. The minimum atomic E-state index is -0.206. The number of amides is 1. The van der Waals surface area contributed by atoms with Crippen molar-refractivity contribution in [2.75, 3.05) is 6.54 Å². The van der Waals surface area contributed by atoms with E-state index in [4.69, 9.17) is 17.3 Å². The van der Waals surface area contributed by atoms with Gasteiger partial charge in [-0.2, -0.15) is 0 Å². The van der Waals surface area contributed by atoms with Crippen LogP contribution in [0.2, 0.25) is 5.02 Å². The van der Waals surface area contributed by atoms with E-state index in [1.54, 1.807) is 0 Å². The maximum atomic E-state index is 10.6. The van der Waals surface area contributed by atoms with Crippen molar-refractivity contribution in [3.63, 3.8) is 0 Å². The summed E-state index contributed by atoms with van der Waals surface area (Å²) in [7, 11) is 0. The highest BCUT2D eigenvalue weighted by molar-refractivity contribution is 6.31. The molecule has 104 valence electrons. The van der Waals surface area contributed by atoms with Crippen LogP contribution in [-0.2, 0) is 4.79 Å². The van der Waals surface area contributed by atoms with Crippen molar-refractivity contribution in [2.45, 2.75) is 44.1 Å². The fourth-order valence-corrected chi connectivity index (χ4v) is 2.87. The zero-order valence-corrected chi connectivity index (χ0v) is 11.8. The van der Waals surface area contributed by atoms with Gasteiger partial charge in [-0.25, -0.2) is 0 Å². The Morgan fingerprint density at radius 2 is 2.05 bits per heavy atom. The molecule has 0 atom stereocenters. The molecule has 0 bridgehead atoms. The normalized spacial score (nSPS) is 21.9. The van der Waals surface area contributed by atoms with Gasteiger partial charge < -0.3 is 11.1 Å². The molecular formula is C15H21ClN2O. The smallest absolute Gasteiger partial charge is 0.217 e. The number of hydrogen-bond acceptors (Lipinski definition) is 2. The van der Waals surface area contributed by atoms with Gasteiger partial charge in [-0.05, 0) is 49.8 Å². The highest BCUT2D eigenvalue weighted by Gasteiger charge is 2.30. The van der Waals surface area contributed by atoms with E-state index in [0.29, 0.717) is 18.4 Å². The summed E-state index contributed by atoms with van der Waals surface area (Å²) in [6.45, 7) is 0.965. The van der Waals surface area contributed by atoms with Crippen molar-refractivity contribution in [1.29, 1.82) is 0 Å². The molecule has 19 heavy (non-hydrogen) atoms. The average Bonchev–Trinajstić information content (AvgIpc) is 2.32. The number of nitrogens with one attached hydrogen (secondary N) is 1. The van der Waals surface area contributed by atoms with Crippen LogP contribution in [0.25, 0.3) is 0 Å². The van der Waals surface area contributed by atoms with E-state index in [9.17, 15) is 4.79 Å². The van der Waals surface area contributed by atoms with Crippen molar-refractivity contribution in [3.05, 3.63) is 34.9 Å². The Hall–Kier alpha value is -1.06. The molecule has 1 amide bonds. The standard InChI is InChI=1S/C15H21ClN2O/c16-14-6-2-1-5-13(14)11-9-12(10-11)18-8-4-3-7-15(17)19/h1-2,5-6,11-12,18H,3-4,7-10H2,(H2,17,19). The van der Waals surface area contributed by atoms with Gasteiger partial charge in [0.1, 0.15) is 0 Å². The lowest BCUT2D eigenvalue weighted by Crippen LogP contribution is -2.40. The Labute approximate surface area is 119 Å². The molecule has 0 heterocycles. The lowest BCUT2D eigenvalue weighted by Gasteiger charge is -2.36. The molecule has 1 fully saturated rings. The van der Waals surface area contributed by atoms with Crippen molar-refractivity contribution < 1.29 is 4.79 Å². The van der Waals surface area contributed by atoms with Crippen molar-refractivity contribution in [3.8, 4) is 0 Å². The first kappa shape index (κ1) is 14.4. The van der Waals surface area contributed by atoms with Gasteiger partial charge in [-0.1, -0.05) is 29.8 Å². The van der Waals surface area contributed by atoms with Crippen LogP contribution in [0, 0.1) is 0 Å². The number of unbranched alkanes of at least 4 members (excludes halogenated alkanes) is 1. The molecule has 3 nitrogen and oxygen atoms in total. The van der Waals surface area contributed by atoms with Crippen LogP contribution in [-0.4, -0.2) is 18.5 Å². The molecule has 0 unspecified atom stereocenters. The molecule has 3 N–H and O–H groups in total. The summed E-state index contributed by atoms with van der Waals surface area (Å²) in [4.78, 5) is 10.6. The van der Waals surface area contributed by atoms with E-state index in [0.717, 1.165) is 37.3 Å². The van der Waals surface area contributed by atoms with Gasteiger partial charge in [0.25, 0.3) is 0 Å². The Morgan fingerprint density at radius 3 is 2.74 bits per heavy atom. The molecule has 2 rings (SSSR count). The Kier molecular flexibility index (Phi) is 5.23. The third kappa shape index (κ3) is 4.22. The lowest BCUT2D eigenvalue weighted by molar-refractivity contribution is -0.118. The van der Waals surface area contributed by atoms with Gasteiger partial charge >= 0.3 is 0 Å². The highest BCUT2D eigenvalue weighted by Crippen LogP contribution is 2.39. The third-order valence-electron chi connectivity index (χ3n) is 3.77. The van der Waals surface area contributed by atoms with Crippen LogP contribution >= 0.6 is 11.6 Å². The van der Waals surface area contributed by atoms with Gasteiger partial charge in [0, 0.05) is 17.5 Å². The molecule has 0 aliphatic heterocycles. The molecule has 0 saturated heterocycles. The van der Waals surface area contributed by atoms with Crippen LogP contribution in [0.1, 0.15) is 43.6 Å². The quantitative estimate of drug-likeness (QED) is 0.755. The summed E-state index contributed by atoms with van der Waals surface area (Å²) in [6.07, 6.45) is 4.69. The zero-order chi connectivity index (χ0) is 13.7. The van der Waals surface area contributed by atoms with Crippen LogP contribution in [0.5, 0.6) is 0 Å². The van der Waals surface area contributed by atoms with Gasteiger partial charge in [0.05, 0.1) is 0 Å². The fourth-order valence-electron chi connectivity index (χ4n) is 2.58. The Bertz CT molecular complexity index is 430. The molecule has 0 radical (unpaired) electrons. The predicted molar refractivity (Wildman–Crippen MR) is 78.3 cm³/mol. The minimum absolute atomic E-state index is 0.206. The van der Waals surface area contributed by atoms with Crippen molar-refractivity contribution >= 4 is 17.5 Å². The maximum absolute atomic E-state index is 10.6. The molecule has 1 aliphatic rings. The fraction of sp³-hybridized carbons (Fsp3) is 0.533. The predicted octanol–water partition coefficient (Wildman–Crippen LogP) is 2.83. The maximum Gasteiger partial charge on any atom is 0.217 e. The summed E-state index contributed by atoms with van der Waals surface area (Å²) in [5.41, 5.74) is 6.37. The van der Waals surface area contributed by atoms with E-state index >= 15 is 0 Å². The molecular weight excluding hydrogens is 260 g/mol. The number of halogens is 1. The SMILES string of the molecule is NC(=O)CCCCNC1CC(c2ccccc2Cl)C1. The molecule has 4 heteroatoms. The number of hydrogen-bond donors (Lipinski definition) is 2. The number of primary amides is 1. The van der Waals surface area contributed by atoms with E-state index in [1.807, 2.05) is 18.2 Å². The molecule has 1 aromatic carbocycles. The number of benzene rings is 1. The summed E-state index contributed by atoms with van der Waals surface area (Å²) in [5.74, 6) is 0.388. The van der Waals surface area contributed by atoms with Crippen LogP contribution in [0.4, 0.5) is 0 Å². The average molecular weight is 281 g/mol. The molecule has 0 spiro atoms. The summed E-state index contributed by atoms with van der Waals surface area (Å²) in [6, 6.07) is 8.69. The van der Waals surface area contributed by atoms with Gasteiger partial charge in [-0.15, -0.1) is 0 Å². The van der Waals surface area contributed by atoms with Crippen LogP contribution < -0.4 is 11.1 Å². The second kappa shape index (κ2) is 6.92. The van der Waals surface area contributed by atoms with E-state index < -0.39 is 0 Å². The third-order valence-corrected chi connectivity index (χ3v) is 4.11. The molecule has 1 aliphatic carbocycles. The number of nitrogens with two attached hydrogens (primary N) is 1. The van der Waals surface area contributed by atoms with Crippen molar-refractivity contribution in [1.82, 2.24) is 5.32 Å². The first-order chi connectivity index (χ1) is 9.16. The number of carbonyl (C=O) groups excluding carboxylic acids is 1. The van der Waals surface area contributed by atoms with E-state index in [-0.39, 0.29) is 5.91 Å². The molecule has 1 saturated carbocycles. The second-order valence-electron chi connectivity index (χ2n) is 5.26. The van der Waals surface area contributed by atoms with Gasteiger partial charge in [0.15, 0.2) is 0 Å². The number of rotatable bonds is 7. The second-order valence-corrected chi connectivity index (χ2v) is 5.67. The molecule has 1 aromatic rings. The largest absolute Gasteiger partial charge is 0.370 e. The van der Waals surface area contributed by atoms with E-state index in [1.165, 1.54) is 5.56 Å². The Morgan fingerprint density at radius 1 is 1.32 bits per heavy atom. The summed E-state index contributed by atoms with van der Waals surface area (Å²) >= 11 is 6.19.